The van der Waals surface area contributed by atoms with Gasteiger partial charge in [-0.15, -0.1) is 11.3 Å². The molecule has 0 saturated carbocycles. The summed E-state index contributed by atoms with van der Waals surface area (Å²) in [6.07, 6.45) is 1.69. The zero-order valence-corrected chi connectivity index (χ0v) is 16.3. The van der Waals surface area contributed by atoms with Gasteiger partial charge in [-0.2, -0.15) is 5.10 Å². The van der Waals surface area contributed by atoms with Gasteiger partial charge in [-0.1, -0.05) is 12.1 Å². The normalized spacial score (nSPS) is 10.8. The lowest BCUT2D eigenvalue weighted by atomic mass is 10.1. The van der Waals surface area contributed by atoms with Crippen molar-refractivity contribution in [3.8, 4) is 5.75 Å². The molecule has 26 heavy (non-hydrogen) atoms. The number of thiophene rings is 1. The third kappa shape index (κ3) is 3.80. The molecule has 0 saturated heterocycles. The first-order valence-electron chi connectivity index (χ1n) is 8.59. The Bertz CT molecular complexity index is 927. The number of carbonyl (C=O) groups is 1. The van der Waals surface area contributed by atoms with Crippen molar-refractivity contribution >= 4 is 22.9 Å². The van der Waals surface area contributed by atoms with Crippen molar-refractivity contribution in [1.29, 1.82) is 0 Å². The minimum atomic E-state index is -0.119. The summed E-state index contributed by atoms with van der Waals surface area (Å²) < 4.78 is 7.77. The summed E-state index contributed by atoms with van der Waals surface area (Å²) in [5.41, 5.74) is 5.04. The molecule has 6 heteroatoms. The lowest BCUT2D eigenvalue weighted by molar-refractivity contribution is 0.103. The summed E-state index contributed by atoms with van der Waals surface area (Å²) in [4.78, 5) is 13.1. The first kappa shape index (κ1) is 18.2. The van der Waals surface area contributed by atoms with Crippen LogP contribution in [0.3, 0.4) is 0 Å². The molecule has 0 spiro atoms. The van der Waals surface area contributed by atoms with Crippen LogP contribution in [0.5, 0.6) is 5.75 Å². The van der Waals surface area contributed by atoms with Crippen molar-refractivity contribution in [3.63, 3.8) is 0 Å². The third-order valence-corrected chi connectivity index (χ3v) is 5.46. The van der Waals surface area contributed by atoms with Crippen LogP contribution < -0.4 is 10.1 Å². The van der Waals surface area contributed by atoms with E-state index < -0.39 is 0 Å². The molecular weight excluding hydrogens is 346 g/mol. The number of hydrogen-bond acceptors (Lipinski definition) is 4. The van der Waals surface area contributed by atoms with Crippen LogP contribution in [0.25, 0.3) is 0 Å². The fourth-order valence-electron chi connectivity index (χ4n) is 2.68. The maximum atomic E-state index is 12.5. The number of ether oxygens (including phenoxy) is 1. The van der Waals surface area contributed by atoms with Crippen molar-refractivity contribution in [1.82, 2.24) is 9.78 Å². The van der Waals surface area contributed by atoms with Crippen LogP contribution in [0.1, 0.15) is 39.0 Å². The van der Waals surface area contributed by atoms with E-state index in [0.717, 1.165) is 34.8 Å². The number of benzene rings is 1. The molecule has 0 bridgehead atoms. The lowest BCUT2D eigenvalue weighted by Crippen LogP contribution is -2.11. The van der Waals surface area contributed by atoms with Gasteiger partial charge in [0.15, 0.2) is 0 Å². The maximum Gasteiger partial charge on any atom is 0.265 e. The van der Waals surface area contributed by atoms with E-state index >= 15 is 0 Å². The van der Waals surface area contributed by atoms with Gasteiger partial charge in [0.1, 0.15) is 12.4 Å². The monoisotopic (exact) mass is 369 g/mol. The number of anilines is 1. The molecule has 1 N–H and O–H groups in total. The predicted octanol–water partition coefficient (Wildman–Crippen LogP) is 4.72. The molecule has 1 amide bonds. The number of aromatic nitrogens is 2. The van der Waals surface area contributed by atoms with Crippen molar-refractivity contribution in [2.45, 2.75) is 40.8 Å². The Labute approximate surface area is 157 Å². The SMILES string of the molecule is CCn1ncc(NC(=O)c2cc(COc3cccc(C)c3C)cs2)c1C. The number of carbonyl (C=O) groups excluding carboxylic acids is 1. The van der Waals surface area contributed by atoms with Gasteiger partial charge in [-0.05, 0) is 56.3 Å². The smallest absolute Gasteiger partial charge is 0.265 e. The van der Waals surface area contributed by atoms with E-state index in [-0.39, 0.29) is 5.91 Å². The summed E-state index contributed by atoms with van der Waals surface area (Å²) in [7, 11) is 0. The number of nitrogens with zero attached hydrogens (tertiary/aromatic N) is 2. The third-order valence-electron chi connectivity index (χ3n) is 4.48. The average molecular weight is 369 g/mol. The van der Waals surface area contributed by atoms with Gasteiger partial charge < -0.3 is 10.1 Å². The topological polar surface area (TPSA) is 56.2 Å². The van der Waals surface area contributed by atoms with Crippen LogP contribution >= 0.6 is 11.3 Å². The Hall–Kier alpha value is -2.60. The Morgan fingerprint density at radius 1 is 1.31 bits per heavy atom. The molecule has 2 aromatic heterocycles. The lowest BCUT2D eigenvalue weighted by Gasteiger charge is -2.09. The van der Waals surface area contributed by atoms with E-state index in [9.17, 15) is 4.79 Å². The Morgan fingerprint density at radius 2 is 2.12 bits per heavy atom. The van der Waals surface area contributed by atoms with Crippen LogP contribution in [0.4, 0.5) is 5.69 Å². The molecule has 1 aromatic carbocycles. The van der Waals surface area contributed by atoms with Crippen molar-refractivity contribution in [2.24, 2.45) is 0 Å². The van der Waals surface area contributed by atoms with Crippen molar-refractivity contribution in [3.05, 3.63) is 63.1 Å². The molecule has 0 aliphatic rings. The van der Waals surface area contributed by atoms with E-state index in [1.165, 1.54) is 16.9 Å². The molecule has 0 aliphatic heterocycles. The van der Waals surface area contributed by atoms with Crippen molar-refractivity contribution in [2.75, 3.05) is 5.32 Å². The number of amides is 1. The number of rotatable bonds is 6. The second-order valence-corrected chi connectivity index (χ2v) is 7.13. The van der Waals surface area contributed by atoms with E-state index in [4.69, 9.17) is 4.74 Å². The molecule has 0 aliphatic carbocycles. The molecule has 0 atom stereocenters. The second kappa shape index (κ2) is 7.74. The van der Waals surface area contributed by atoms with Crippen LogP contribution in [0.15, 0.2) is 35.8 Å². The molecule has 3 rings (SSSR count). The van der Waals surface area contributed by atoms with Crippen LogP contribution in [0, 0.1) is 20.8 Å². The second-order valence-electron chi connectivity index (χ2n) is 6.22. The molecular formula is C20H23N3O2S. The molecule has 2 heterocycles. The number of nitrogens with one attached hydrogen (secondary N) is 1. The molecule has 0 radical (unpaired) electrons. The molecule has 0 unspecified atom stereocenters. The van der Waals surface area contributed by atoms with Gasteiger partial charge in [-0.25, -0.2) is 0 Å². The minimum Gasteiger partial charge on any atom is -0.489 e. The standard InChI is InChI=1S/C20H23N3O2S/c1-5-23-15(4)17(10-21-23)22-20(24)19-9-16(12-26-19)11-25-18-8-6-7-13(2)14(18)3/h6-10,12H,5,11H2,1-4H3,(H,22,24). The van der Waals surface area contributed by atoms with Gasteiger partial charge in [0.2, 0.25) is 0 Å². The summed E-state index contributed by atoms with van der Waals surface area (Å²) in [6.45, 7) is 9.31. The highest BCUT2D eigenvalue weighted by Crippen LogP contribution is 2.24. The molecule has 0 fully saturated rings. The van der Waals surface area contributed by atoms with E-state index in [1.54, 1.807) is 6.20 Å². The summed E-state index contributed by atoms with van der Waals surface area (Å²) in [5, 5.41) is 9.14. The summed E-state index contributed by atoms with van der Waals surface area (Å²) in [5.74, 6) is 0.761. The van der Waals surface area contributed by atoms with Crippen LogP contribution in [0.2, 0.25) is 0 Å². The Kier molecular flexibility index (Phi) is 5.42. The van der Waals surface area contributed by atoms with Crippen LogP contribution in [-0.2, 0) is 13.2 Å². The van der Waals surface area contributed by atoms with Gasteiger partial charge in [0.25, 0.3) is 5.91 Å². The van der Waals surface area contributed by atoms with Gasteiger partial charge in [-0.3, -0.25) is 9.48 Å². The zero-order valence-electron chi connectivity index (χ0n) is 15.5. The maximum absolute atomic E-state index is 12.5. The molecule has 136 valence electrons. The first-order chi connectivity index (χ1) is 12.5. The molecule has 3 aromatic rings. The Morgan fingerprint density at radius 3 is 2.85 bits per heavy atom. The predicted molar refractivity (Wildman–Crippen MR) is 105 cm³/mol. The van der Waals surface area contributed by atoms with E-state index in [1.807, 2.05) is 42.1 Å². The highest BCUT2D eigenvalue weighted by atomic mass is 32.1. The highest BCUT2D eigenvalue weighted by Gasteiger charge is 2.13. The zero-order chi connectivity index (χ0) is 18.7. The van der Waals surface area contributed by atoms with Gasteiger partial charge in [0.05, 0.1) is 22.5 Å². The summed E-state index contributed by atoms with van der Waals surface area (Å²) in [6, 6.07) is 7.90. The van der Waals surface area contributed by atoms with Gasteiger partial charge >= 0.3 is 0 Å². The first-order valence-corrected chi connectivity index (χ1v) is 9.47. The number of aryl methyl sites for hydroxylation is 2. The van der Waals surface area contributed by atoms with Crippen molar-refractivity contribution < 1.29 is 9.53 Å². The van der Waals surface area contributed by atoms with E-state index in [2.05, 4.69) is 30.3 Å². The largest absolute Gasteiger partial charge is 0.489 e. The van der Waals surface area contributed by atoms with Gasteiger partial charge in [0, 0.05) is 12.1 Å². The summed E-state index contributed by atoms with van der Waals surface area (Å²) >= 11 is 1.42. The number of hydrogen-bond donors (Lipinski definition) is 1. The van der Waals surface area contributed by atoms with Crippen LogP contribution in [-0.4, -0.2) is 15.7 Å². The highest BCUT2D eigenvalue weighted by molar-refractivity contribution is 7.12. The minimum absolute atomic E-state index is 0.119. The quantitative estimate of drug-likeness (QED) is 0.684. The average Bonchev–Trinajstić information content (AvgIpc) is 3.24. The Balaban J connectivity index is 1.64. The van der Waals surface area contributed by atoms with E-state index in [0.29, 0.717) is 11.5 Å². The fourth-order valence-corrected chi connectivity index (χ4v) is 3.48. The molecule has 5 nitrogen and oxygen atoms in total. The fraction of sp³-hybridized carbons (Fsp3) is 0.300.